The maximum atomic E-state index is 12.5. The predicted molar refractivity (Wildman–Crippen MR) is 84.9 cm³/mol. The van der Waals surface area contributed by atoms with Gasteiger partial charge in [0.15, 0.2) is 0 Å². The Balaban J connectivity index is 1.59. The predicted octanol–water partition coefficient (Wildman–Crippen LogP) is 0.704. The van der Waals surface area contributed by atoms with Gasteiger partial charge in [0.2, 0.25) is 5.91 Å². The Morgan fingerprint density at radius 3 is 2.91 bits per heavy atom. The Hall–Kier alpha value is -2.15. The lowest BCUT2D eigenvalue weighted by Crippen LogP contribution is -2.47. The van der Waals surface area contributed by atoms with E-state index in [4.69, 9.17) is 4.74 Å². The molecule has 7 nitrogen and oxygen atoms in total. The number of carbonyl (C=O) groups is 1. The van der Waals surface area contributed by atoms with Gasteiger partial charge in [-0.05, 0) is 25.5 Å². The van der Waals surface area contributed by atoms with Crippen molar-refractivity contribution in [3.8, 4) is 0 Å². The van der Waals surface area contributed by atoms with Gasteiger partial charge in [-0.1, -0.05) is 0 Å². The average Bonchev–Trinajstić information content (AvgIpc) is 3.05. The highest BCUT2D eigenvalue weighted by atomic mass is 16.5. The van der Waals surface area contributed by atoms with Crippen LogP contribution in [0.3, 0.4) is 0 Å². The zero-order valence-corrected chi connectivity index (χ0v) is 13.9. The van der Waals surface area contributed by atoms with Gasteiger partial charge < -0.3 is 9.64 Å². The average molecular weight is 317 g/mol. The summed E-state index contributed by atoms with van der Waals surface area (Å²) >= 11 is 0. The van der Waals surface area contributed by atoms with E-state index in [9.17, 15) is 4.79 Å². The summed E-state index contributed by atoms with van der Waals surface area (Å²) in [5, 5.41) is 8.57. The molecule has 124 valence electrons. The van der Waals surface area contributed by atoms with E-state index < -0.39 is 0 Å². The molecule has 0 bridgehead atoms. The first-order valence-electron chi connectivity index (χ1n) is 7.89. The minimum absolute atomic E-state index is 0.0143. The zero-order chi connectivity index (χ0) is 16.4. The van der Waals surface area contributed by atoms with Gasteiger partial charge in [-0.15, -0.1) is 0 Å². The second-order valence-corrected chi connectivity index (χ2v) is 6.14. The number of aromatic nitrogens is 4. The summed E-state index contributed by atoms with van der Waals surface area (Å²) in [7, 11) is 1.85. The third-order valence-corrected chi connectivity index (χ3v) is 4.09. The first-order valence-corrected chi connectivity index (χ1v) is 7.89. The third kappa shape index (κ3) is 3.79. The smallest absolute Gasteiger partial charge is 0.227 e. The molecule has 2 aromatic rings. The van der Waals surface area contributed by atoms with Crippen LogP contribution in [-0.2, 0) is 29.5 Å². The van der Waals surface area contributed by atoms with Crippen molar-refractivity contribution < 1.29 is 9.53 Å². The van der Waals surface area contributed by atoms with E-state index >= 15 is 0 Å². The lowest BCUT2D eigenvalue weighted by molar-refractivity contribution is -0.138. The molecule has 1 aliphatic rings. The molecule has 23 heavy (non-hydrogen) atoms. The van der Waals surface area contributed by atoms with Crippen LogP contribution in [0.25, 0.3) is 0 Å². The second-order valence-electron chi connectivity index (χ2n) is 6.14. The van der Waals surface area contributed by atoms with E-state index in [0.29, 0.717) is 32.7 Å². The quantitative estimate of drug-likeness (QED) is 0.833. The van der Waals surface area contributed by atoms with Gasteiger partial charge in [0.25, 0.3) is 0 Å². The lowest BCUT2D eigenvalue weighted by Gasteiger charge is -2.33. The minimum atomic E-state index is -0.0143. The van der Waals surface area contributed by atoms with Crippen molar-refractivity contribution in [1.29, 1.82) is 0 Å². The van der Waals surface area contributed by atoms with Crippen molar-refractivity contribution >= 4 is 5.91 Å². The van der Waals surface area contributed by atoms with Crippen molar-refractivity contribution in [2.75, 3.05) is 19.7 Å². The molecular weight excluding hydrogens is 294 g/mol. The Bertz CT molecular complexity index is 690. The Labute approximate surface area is 135 Å². The molecule has 1 unspecified atom stereocenters. The third-order valence-electron chi connectivity index (χ3n) is 4.09. The molecular formula is C16H23N5O2. The van der Waals surface area contributed by atoms with Crippen LogP contribution in [0.15, 0.2) is 18.5 Å². The number of morpholine rings is 1. The first kappa shape index (κ1) is 15.7. The molecule has 7 heteroatoms. The highest BCUT2D eigenvalue weighted by molar-refractivity contribution is 5.78. The summed E-state index contributed by atoms with van der Waals surface area (Å²) in [6.45, 7) is 6.52. The number of rotatable bonds is 4. The van der Waals surface area contributed by atoms with Crippen molar-refractivity contribution in [3.63, 3.8) is 0 Å². The van der Waals surface area contributed by atoms with Crippen molar-refractivity contribution in [2.24, 2.45) is 7.05 Å². The maximum absolute atomic E-state index is 12.5. The van der Waals surface area contributed by atoms with Gasteiger partial charge >= 0.3 is 0 Å². The number of hydrogen-bond acceptors (Lipinski definition) is 4. The number of hydrogen-bond donors (Lipinski definition) is 0. The van der Waals surface area contributed by atoms with Gasteiger partial charge in [-0.25, -0.2) is 0 Å². The van der Waals surface area contributed by atoms with Crippen LogP contribution in [0, 0.1) is 13.8 Å². The monoisotopic (exact) mass is 317 g/mol. The molecule has 0 aromatic carbocycles. The van der Waals surface area contributed by atoms with E-state index in [0.717, 1.165) is 17.0 Å². The molecule has 1 saturated heterocycles. The zero-order valence-electron chi connectivity index (χ0n) is 13.9. The maximum Gasteiger partial charge on any atom is 0.227 e. The van der Waals surface area contributed by atoms with Gasteiger partial charge in [-0.3, -0.25) is 14.2 Å². The van der Waals surface area contributed by atoms with Gasteiger partial charge in [0.1, 0.15) is 0 Å². The molecule has 0 spiro atoms. The molecule has 3 heterocycles. The Morgan fingerprint density at radius 1 is 1.43 bits per heavy atom. The molecule has 3 rings (SSSR count). The molecule has 1 amide bonds. The largest absolute Gasteiger partial charge is 0.373 e. The SMILES string of the molecule is Cc1cc(C)n(CC2CN(C(=O)Cc3cnn(C)c3)CCO2)n1. The van der Waals surface area contributed by atoms with Crippen molar-refractivity contribution in [2.45, 2.75) is 32.9 Å². The van der Waals surface area contributed by atoms with E-state index in [1.165, 1.54) is 0 Å². The minimum Gasteiger partial charge on any atom is -0.373 e. The number of carbonyl (C=O) groups excluding carboxylic acids is 1. The van der Waals surface area contributed by atoms with Crippen molar-refractivity contribution in [3.05, 3.63) is 35.4 Å². The molecule has 1 aliphatic heterocycles. The molecule has 0 aliphatic carbocycles. The number of ether oxygens (including phenoxy) is 1. The molecule has 1 atom stereocenters. The highest BCUT2D eigenvalue weighted by Gasteiger charge is 2.25. The summed E-state index contributed by atoms with van der Waals surface area (Å²) in [5.41, 5.74) is 3.06. The summed E-state index contributed by atoms with van der Waals surface area (Å²) in [4.78, 5) is 14.3. The lowest BCUT2D eigenvalue weighted by atomic mass is 10.2. The second kappa shape index (κ2) is 6.54. The van der Waals surface area contributed by atoms with Crippen LogP contribution in [0.4, 0.5) is 0 Å². The fourth-order valence-corrected chi connectivity index (χ4v) is 2.96. The molecule has 0 saturated carbocycles. The standard InChI is InChI=1S/C16H23N5O2/c1-12-6-13(2)21(18-12)11-15-10-20(4-5-23-15)16(22)7-14-8-17-19(3)9-14/h6,8-9,15H,4-5,7,10-11H2,1-3H3. The van der Waals surface area contributed by atoms with Crippen LogP contribution < -0.4 is 0 Å². The summed E-state index contributed by atoms with van der Waals surface area (Å²) in [6, 6.07) is 2.05. The van der Waals surface area contributed by atoms with E-state index in [2.05, 4.69) is 10.2 Å². The van der Waals surface area contributed by atoms with Crippen molar-refractivity contribution in [1.82, 2.24) is 24.5 Å². The summed E-state index contributed by atoms with van der Waals surface area (Å²) in [6.07, 6.45) is 4.00. The first-order chi connectivity index (χ1) is 11.0. The normalized spacial score (nSPS) is 18.4. The van der Waals surface area contributed by atoms with Gasteiger partial charge in [0.05, 0.1) is 37.6 Å². The van der Waals surface area contributed by atoms with Crippen LogP contribution in [0.1, 0.15) is 17.0 Å². The molecule has 0 N–H and O–H groups in total. The topological polar surface area (TPSA) is 65.2 Å². The van der Waals surface area contributed by atoms with E-state index in [-0.39, 0.29) is 12.0 Å². The summed E-state index contributed by atoms with van der Waals surface area (Å²) < 4.78 is 9.48. The number of aryl methyl sites for hydroxylation is 3. The molecule has 1 fully saturated rings. The molecule has 2 aromatic heterocycles. The van der Waals surface area contributed by atoms with Crippen LogP contribution in [0.2, 0.25) is 0 Å². The summed E-state index contributed by atoms with van der Waals surface area (Å²) in [5.74, 6) is 0.125. The van der Waals surface area contributed by atoms with E-state index in [1.54, 1.807) is 10.9 Å². The fraction of sp³-hybridized carbons (Fsp3) is 0.562. The van der Waals surface area contributed by atoms with Gasteiger partial charge in [-0.2, -0.15) is 10.2 Å². The van der Waals surface area contributed by atoms with Crippen LogP contribution in [0.5, 0.6) is 0 Å². The highest BCUT2D eigenvalue weighted by Crippen LogP contribution is 2.12. The van der Waals surface area contributed by atoms with E-state index in [1.807, 2.05) is 42.7 Å². The van der Waals surface area contributed by atoms with Gasteiger partial charge in [0, 0.05) is 32.0 Å². The fourth-order valence-electron chi connectivity index (χ4n) is 2.96. The van der Waals surface area contributed by atoms with Crippen LogP contribution >= 0.6 is 0 Å². The number of nitrogens with zero attached hydrogens (tertiary/aromatic N) is 5. The Morgan fingerprint density at radius 2 is 2.26 bits per heavy atom. The number of amides is 1. The molecule has 0 radical (unpaired) electrons. The van der Waals surface area contributed by atoms with Crippen LogP contribution in [-0.4, -0.2) is 56.2 Å². The Kier molecular flexibility index (Phi) is 4.47.